The first-order valence-electron chi connectivity index (χ1n) is 5.86. The molecule has 0 saturated carbocycles. The molecule has 7 heteroatoms. The van der Waals surface area contributed by atoms with Crippen molar-refractivity contribution in [3.63, 3.8) is 0 Å². The summed E-state index contributed by atoms with van der Waals surface area (Å²) in [5, 5.41) is 15.7. The third kappa shape index (κ3) is 6.98. The van der Waals surface area contributed by atoms with Gasteiger partial charge in [-0.05, 0) is 32.2 Å². The lowest BCUT2D eigenvalue weighted by Crippen LogP contribution is -2.49. The van der Waals surface area contributed by atoms with E-state index in [1.807, 2.05) is 13.8 Å². The van der Waals surface area contributed by atoms with Crippen LogP contribution in [-0.2, 0) is 4.74 Å². The number of nitrogens with zero attached hydrogens (tertiary/aromatic N) is 3. The van der Waals surface area contributed by atoms with E-state index in [2.05, 4.69) is 15.3 Å². The highest BCUT2D eigenvalue weighted by molar-refractivity contribution is 5.68. The molecule has 1 amide bonds. The molecule has 104 valence electrons. The van der Waals surface area contributed by atoms with Gasteiger partial charge in [0.2, 0.25) is 0 Å². The molecule has 0 aliphatic rings. The lowest BCUT2D eigenvalue weighted by atomic mass is 9.99. The fourth-order valence-electron chi connectivity index (χ4n) is 1.38. The summed E-state index contributed by atoms with van der Waals surface area (Å²) >= 11 is 0. The Hall–Kier alpha value is -1.46. The van der Waals surface area contributed by atoms with Crippen molar-refractivity contribution in [2.24, 2.45) is 11.0 Å². The van der Waals surface area contributed by atoms with Crippen LogP contribution in [-0.4, -0.2) is 35.5 Å². The van der Waals surface area contributed by atoms with Gasteiger partial charge in [-0.1, -0.05) is 19.0 Å². The van der Waals surface area contributed by atoms with Crippen molar-refractivity contribution in [1.82, 2.24) is 5.32 Å². The van der Waals surface area contributed by atoms with Crippen LogP contribution in [0.15, 0.2) is 5.11 Å². The van der Waals surface area contributed by atoms with Gasteiger partial charge in [0.05, 0.1) is 18.7 Å². The molecule has 7 nitrogen and oxygen atoms in total. The zero-order valence-corrected chi connectivity index (χ0v) is 11.5. The maximum absolute atomic E-state index is 11.6. The van der Waals surface area contributed by atoms with Crippen LogP contribution < -0.4 is 5.32 Å². The zero-order valence-electron chi connectivity index (χ0n) is 11.5. The van der Waals surface area contributed by atoms with E-state index < -0.39 is 23.8 Å². The van der Waals surface area contributed by atoms with Gasteiger partial charge in [0.15, 0.2) is 0 Å². The van der Waals surface area contributed by atoms with E-state index >= 15 is 0 Å². The lowest BCUT2D eigenvalue weighted by Gasteiger charge is -2.28. The van der Waals surface area contributed by atoms with Gasteiger partial charge >= 0.3 is 6.09 Å². The second-order valence-corrected chi connectivity index (χ2v) is 5.40. The van der Waals surface area contributed by atoms with Gasteiger partial charge in [0.25, 0.3) is 0 Å². The summed E-state index contributed by atoms with van der Waals surface area (Å²) in [4.78, 5) is 14.2. The summed E-state index contributed by atoms with van der Waals surface area (Å²) in [5.41, 5.74) is 7.61. The Labute approximate surface area is 107 Å². The average molecular weight is 258 g/mol. The number of azide groups is 1. The monoisotopic (exact) mass is 258 g/mol. The number of ether oxygens (including phenoxy) is 1. The fraction of sp³-hybridized carbons (Fsp3) is 0.909. The summed E-state index contributed by atoms with van der Waals surface area (Å²) in [6.07, 6.45) is -1.53. The lowest BCUT2D eigenvalue weighted by molar-refractivity contribution is 0.0387. The minimum atomic E-state index is -0.937. The topological polar surface area (TPSA) is 107 Å². The van der Waals surface area contributed by atoms with Crippen LogP contribution in [0.25, 0.3) is 10.4 Å². The van der Waals surface area contributed by atoms with E-state index in [1.54, 1.807) is 20.8 Å². The van der Waals surface area contributed by atoms with Gasteiger partial charge in [-0.2, -0.15) is 0 Å². The predicted molar refractivity (Wildman–Crippen MR) is 68.0 cm³/mol. The Balaban J connectivity index is 4.53. The molecule has 0 aromatic heterocycles. The number of hydrogen-bond acceptors (Lipinski definition) is 4. The largest absolute Gasteiger partial charge is 0.444 e. The van der Waals surface area contributed by atoms with Crippen LogP contribution in [0.5, 0.6) is 0 Å². The van der Waals surface area contributed by atoms with Gasteiger partial charge in [0.1, 0.15) is 5.60 Å². The molecule has 0 saturated heterocycles. The second kappa shape index (κ2) is 7.08. The Kier molecular flexibility index (Phi) is 6.51. The zero-order chi connectivity index (χ0) is 14.3. The van der Waals surface area contributed by atoms with E-state index in [9.17, 15) is 9.90 Å². The third-order valence-corrected chi connectivity index (χ3v) is 2.15. The maximum atomic E-state index is 11.6. The molecule has 0 fully saturated rings. The minimum Gasteiger partial charge on any atom is -0.444 e. The standard InChI is InChI=1S/C11H22N4O3/c1-7(2)9(8(16)6-13-15-12)14-10(17)18-11(3,4)5/h7-9,16H,6H2,1-5H3,(H,14,17)/t8-,9+/m1/s1. The molecule has 0 bridgehead atoms. The molecule has 2 N–H and O–H groups in total. The van der Waals surface area contributed by atoms with Gasteiger partial charge in [0, 0.05) is 4.91 Å². The van der Waals surface area contributed by atoms with Crippen LogP contribution in [0.4, 0.5) is 4.79 Å². The Morgan fingerprint density at radius 3 is 2.44 bits per heavy atom. The Morgan fingerprint density at radius 1 is 1.50 bits per heavy atom. The number of nitrogens with one attached hydrogen (secondary N) is 1. The van der Waals surface area contributed by atoms with Gasteiger partial charge in [-0.3, -0.25) is 0 Å². The first kappa shape index (κ1) is 16.5. The quantitative estimate of drug-likeness (QED) is 0.448. The summed E-state index contributed by atoms with van der Waals surface area (Å²) in [7, 11) is 0. The SMILES string of the molecule is CC(C)[C@H](NC(=O)OC(C)(C)C)[C@H](O)CN=[N+]=[N-]. The summed E-state index contributed by atoms with van der Waals surface area (Å²) in [5.74, 6) is -0.0126. The van der Waals surface area contributed by atoms with Crippen molar-refractivity contribution >= 4 is 6.09 Å². The van der Waals surface area contributed by atoms with Crippen molar-refractivity contribution in [1.29, 1.82) is 0 Å². The van der Waals surface area contributed by atoms with Crippen LogP contribution in [0.2, 0.25) is 0 Å². The first-order chi connectivity index (χ1) is 8.17. The minimum absolute atomic E-state index is 0.0126. The molecule has 0 spiro atoms. The van der Waals surface area contributed by atoms with Gasteiger partial charge in [-0.15, -0.1) is 0 Å². The molecule has 0 aromatic carbocycles. The molecule has 18 heavy (non-hydrogen) atoms. The molecule has 0 radical (unpaired) electrons. The van der Waals surface area contributed by atoms with Gasteiger partial charge < -0.3 is 15.2 Å². The van der Waals surface area contributed by atoms with Crippen LogP contribution in [0, 0.1) is 5.92 Å². The molecule has 0 aromatic rings. The molecule has 0 rings (SSSR count). The highest BCUT2D eigenvalue weighted by atomic mass is 16.6. The highest BCUT2D eigenvalue weighted by Gasteiger charge is 2.26. The smallest absolute Gasteiger partial charge is 0.407 e. The number of alkyl carbamates (subject to hydrolysis) is 1. The van der Waals surface area contributed by atoms with E-state index in [1.165, 1.54) is 0 Å². The molecular weight excluding hydrogens is 236 g/mol. The van der Waals surface area contributed by atoms with Crippen LogP contribution >= 0.6 is 0 Å². The number of carbonyl (C=O) groups is 1. The number of rotatable bonds is 5. The molecule has 2 atom stereocenters. The Morgan fingerprint density at radius 2 is 2.06 bits per heavy atom. The summed E-state index contributed by atoms with van der Waals surface area (Å²) in [6, 6.07) is -0.523. The van der Waals surface area contributed by atoms with Crippen LogP contribution in [0.1, 0.15) is 34.6 Å². The maximum Gasteiger partial charge on any atom is 0.407 e. The normalized spacial score (nSPS) is 14.6. The van der Waals surface area contributed by atoms with Crippen molar-refractivity contribution in [3.8, 4) is 0 Å². The second-order valence-electron chi connectivity index (χ2n) is 5.40. The molecular formula is C11H22N4O3. The first-order valence-corrected chi connectivity index (χ1v) is 5.86. The molecule has 0 aliphatic heterocycles. The van der Waals surface area contributed by atoms with Crippen molar-refractivity contribution in [3.05, 3.63) is 10.4 Å². The molecule has 0 unspecified atom stereocenters. The van der Waals surface area contributed by atoms with Crippen molar-refractivity contribution < 1.29 is 14.6 Å². The van der Waals surface area contributed by atoms with Crippen LogP contribution in [0.3, 0.4) is 0 Å². The third-order valence-electron chi connectivity index (χ3n) is 2.15. The molecule has 0 heterocycles. The van der Waals surface area contributed by atoms with E-state index in [-0.39, 0.29) is 12.5 Å². The summed E-state index contributed by atoms with van der Waals surface area (Å²) < 4.78 is 5.11. The van der Waals surface area contributed by atoms with E-state index in [4.69, 9.17) is 10.3 Å². The molecule has 0 aliphatic carbocycles. The van der Waals surface area contributed by atoms with Gasteiger partial charge in [-0.25, -0.2) is 4.79 Å². The van der Waals surface area contributed by atoms with E-state index in [0.717, 1.165) is 0 Å². The summed E-state index contributed by atoms with van der Waals surface area (Å²) in [6.45, 7) is 8.88. The Bertz CT molecular complexity index is 319. The number of hydrogen-bond donors (Lipinski definition) is 2. The highest BCUT2D eigenvalue weighted by Crippen LogP contribution is 2.11. The number of aliphatic hydroxyl groups is 1. The average Bonchev–Trinajstić information content (AvgIpc) is 2.19. The number of carbonyl (C=O) groups excluding carboxylic acids is 1. The predicted octanol–water partition coefficient (Wildman–Crippen LogP) is 2.21. The van der Waals surface area contributed by atoms with Crippen molar-refractivity contribution in [2.45, 2.75) is 52.4 Å². The number of amides is 1. The van der Waals surface area contributed by atoms with Crippen molar-refractivity contribution in [2.75, 3.05) is 6.54 Å². The number of aliphatic hydroxyl groups excluding tert-OH is 1. The van der Waals surface area contributed by atoms with E-state index in [0.29, 0.717) is 0 Å². The fourth-order valence-corrected chi connectivity index (χ4v) is 1.38.